The lowest BCUT2D eigenvalue weighted by Crippen LogP contribution is -2.55. The van der Waals surface area contributed by atoms with Crippen molar-refractivity contribution in [1.29, 1.82) is 0 Å². The number of carbonyl (C=O) groups excluding carboxylic acids is 2. The lowest BCUT2D eigenvalue weighted by Gasteiger charge is -2.36. The second-order valence-corrected chi connectivity index (χ2v) is 11.1. The zero-order valence-electron chi connectivity index (χ0n) is 18.0. The van der Waals surface area contributed by atoms with Crippen LogP contribution < -0.4 is 9.47 Å². The minimum atomic E-state index is -3.72. The number of piperazine rings is 1. The number of likely N-dealkylation sites (tertiary alicyclic amines) is 1. The Labute approximate surface area is 196 Å². The van der Waals surface area contributed by atoms with Crippen LogP contribution in [0.15, 0.2) is 40.6 Å². The van der Waals surface area contributed by atoms with E-state index in [1.807, 2.05) is 11.4 Å². The number of amides is 2. The highest BCUT2D eigenvalue weighted by Crippen LogP contribution is 2.33. The summed E-state index contributed by atoms with van der Waals surface area (Å²) in [5, 5.41) is 1.85. The van der Waals surface area contributed by atoms with Crippen LogP contribution in [0.1, 0.15) is 22.5 Å². The molecule has 0 spiro atoms. The predicted molar refractivity (Wildman–Crippen MR) is 121 cm³/mol. The topological polar surface area (TPSA) is 96.5 Å². The molecule has 0 unspecified atom stereocenters. The van der Waals surface area contributed by atoms with Crippen molar-refractivity contribution in [3.05, 3.63) is 40.6 Å². The number of hydrogen-bond acceptors (Lipinski definition) is 7. The van der Waals surface area contributed by atoms with Crippen LogP contribution in [0, 0.1) is 0 Å². The van der Waals surface area contributed by atoms with E-state index < -0.39 is 16.1 Å². The molecule has 2 amide bonds. The van der Waals surface area contributed by atoms with E-state index in [0.29, 0.717) is 55.6 Å². The van der Waals surface area contributed by atoms with Crippen molar-refractivity contribution in [1.82, 2.24) is 14.1 Å². The fraction of sp³-hybridized carbons (Fsp3) is 0.455. The molecule has 4 heterocycles. The average molecular weight is 492 g/mol. The number of fused-ring (bicyclic) bond motifs is 1. The van der Waals surface area contributed by atoms with Gasteiger partial charge >= 0.3 is 0 Å². The maximum Gasteiger partial charge on any atom is 0.264 e. The molecule has 11 heteroatoms. The summed E-state index contributed by atoms with van der Waals surface area (Å²) in [5.74, 6) is 0.746. The van der Waals surface area contributed by atoms with Crippen LogP contribution in [0.25, 0.3) is 0 Å². The maximum atomic E-state index is 13.2. The summed E-state index contributed by atoms with van der Waals surface area (Å²) in [6, 6.07) is 7.74. The van der Waals surface area contributed by atoms with Crippen molar-refractivity contribution < 1.29 is 27.5 Å². The monoisotopic (exact) mass is 491 g/mol. The lowest BCUT2D eigenvalue weighted by molar-refractivity contribution is -0.136. The van der Waals surface area contributed by atoms with E-state index in [-0.39, 0.29) is 29.8 Å². The van der Waals surface area contributed by atoms with E-state index in [1.165, 1.54) is 27.8 Å². The first kappa shape index (κ1) is 22.2. The van der Waals surface area contributed by atoms with Crippen LogP contribution in [-0.4, -0.2) is 86.3 Å². The predicted octanol–water partition coefficient (Wildman–Crippen LogP) is 1.66. The second-order valence-electron chi connectivity index (χ2n) is 8.17. The fourth-order valence-electron chi connectivity index (χ4n) is 4.50. The second kappa shape index (κ2) is 8.96. The maximum absolute atomic E-state index is 13.2. The molecule has 1 atom stereocenters. The van der Waals surface area contributed by atoms with E-state index in [0.717, 1.165) is 6.42 Å². The Morgan fingerprint density at radius 1 is 0.970 bits per heavy atom. The van der Waals surface area contributed by atoms with Gasteiger partial charge in [0.25, 0.3) is 5.91 Å². The van der Waals surface area contributed by atoms with Crippen molar-refractivity contribution in [2.75, 3.05) is 45.9 Å². The molecule has 3 aliphatic rings. The van der Waals surface area contributed by atoms with E-state index >= 15 is 0 Å². The highest BCUT2D eigenvalue weighted by Gasteiger charge is 2.39. The minimum absolute atomic E-state index is 0.103. The van der Waals surface area contributed by atoms with Crippen LogP contribution >= 0.6 is 11.3 Å². The number of thiophene rings is 1. The summed E-state index contributed by atoms with van der Waals surface area (Å²) in [5.41, 5.74) is 0. The molecule has 1 aromatic carbocycles. The van der Waals surface area contributed by atoms with Gasteiger partial charge in [-0.2, -0.15) is 4.31 Å². The molecule has 176 valence electrons. The number of carbonyl (C=O) groups is 2. The molecule has 9 nitrogen and oxygen atoms in total. The zero-order chi connectivity index (χ0) is 23.0. The molecule has 33 heavy (non-hydrogen) atoms. The summed E-state index contributed by atoms with van der Waals surface area (Å²) >= 11 is 1.37. The van der Waals surface area contributed by atoms with Crippen molar-refractivity contribution in [2.24, 2.45) is 0 Å². The minimum Gasteiger partial charge on any atom is -0.486 e. The number of benzene rings is 1. The number of rotatable bonds is 4. The molecular formula is C22H25N3O6S2. The molecule has 0 radical (unpaired) electrons. The Balaban J connectivity index is 1.24. The third-order valence-corrected chi connectivity index (χ3v) is 8.98. The van der Waals surface area contributed by atoms with E-state index in [4.69, 9.17) is 9.47 Å². The molecule has 2 fully saturated rings. The third kappa shape index (κ3) is 4.20. The van der Waals surface area contributed by atoms with Gasteiger partial charge in [-0.15, -0.1) is 11.3 Å². The van der Waals surface area contributed by atoms with Crippen LogP contribution in [0.3, 0.4) is 0 Å². The number of ether oxygens (including phenoxy) is 2. The van der Waals surface area contributed by atoms with Crippen molar-refractivity contribution in [2.45, 2.75) is 23.8 Å². The fourth-order valence-corrected chi connectivity index (χ4v) is 6.62. The molecular weight excluding hydrogens is 466 g/mol. The first-order valence-electron chi connectivity index (χ1n) is 11.0. The van der Waals surface area contributed by atoms with Gasteiger partial charge in [-0.25, -0.2) is 8.42 Å². The van der Waals surface area contributed by atoms with Gasteiger partial charge in [-0.3, -0.25) is 9.59 Å². The number of sulfonamides is 1. The van der Waals surface area contributed by atoms with Gasteiger partial charge < -0.3 is 19.3 Å². The average Bonchev–Trinajstić information content (AvgIpc) is 3.55. The van der Waals surface area contributed by atoms with E-state index in [1.54, 1.807) is 21.9 Å². The molecule has 1 aromatic heterocycles. The first-order valence-corrected chi connectivity index (χ1v) is 13.3. The van der Waals surface area contributed by atoms with Gasteiger partial charge in [0.15, 0.2) is 11.5 Å². The summed E-state index contributed by atoms with van der Waals surface area (Å²) in [6.45, 7) is 2.37. The van der Waals surface area contributed by atoms with Crippen molar-refractivity contribution >= 4 is 33.2 Å². The van der Waals surface area contributed by atoms with Crippen LogP contribution in [-0.2, 0) is 14.8 Å². The van der Waals surface area contributed by atoms with Crippen LogP contribution in [0.2, 0.25) is 0 Å². The van der Waals surface area contributed by atoms with Gasteiger partial charge in [-0.1, -0.05) is 6.07 Å². The summed E-state index contributed by atoms with van der Waals surface area (Å²) in [6.07, 6.45) is 1.41. The Morgan fingerprint density at radius 3 is 2.45 bits per heavy atom. The van der Waals surface area contributed by atoms with Gasteiger partial charge in [0.1, 0.15) is 19.3 Å². The number of hydrogen-bond donors (Lipinski definition) is 0. The molecule has 0 bridgehead atoms. The van der Waals surface area contributed by atoms with E-state index in [2.05, 4.69) is 0 Å². The summed E-state index contributed by atoms with van der Waals surface area (Å²) < 4.78 is 38.7. The van der Waals surface area contributed by atoms with Gasteiger partial charge in [0, 0.05) is 38.8 Å². The molecule has 0 saturated carbocycles. The molecule has 3 aliphatic heterocycles. The Kier molecular flexibility index (Phi) is 6.02. The van der Waals surface area contributed by atoms with Crippen LogP contribution in [0.4, 0.5) is 0 Å². The van der Waals surface area contributed by atoms with Gasteiger partial charge in [-0.05, 0) is 36.4 Å². The quantitative estimate of drug-likeness (QED) is 0.646. The Morgan fingerprint density at radius 2 is 1.73 bits per heavy atom. The first-order chi connectivity index (χ1) is 15.9. The SMILES string of the molecule is O=C([C@H]1CCCN1C(=O)c1cccs1)N1CCN(S(=O)(=O)c2ccc3c(c2)OCCO3)CC1. The zero-order valence-corrected chi connectivity index (χ0v) is 19.6. The Hall–Kier alpha value is -2.63. The molecule has 2 aromatic rings. The van der Waals surface area contributed by atoms with Gasteiger partial charge in [0.2, 0.25) is 15.9 Å². The number of nitrogens with zero attached hydrogens (tertiary/aromatic N) is 3. The lowest BCUT2D eigenvalue weighted by atomic mass is 10.1. The van der Waals surface area contributed by atoms with E-state index in [9.17, 15) is 18.0 Å². The highest BCUT2D eigenvalue weighted by atomic mass is 32.2. The van der Waals surface area contributed by atoms with Crippen molar-refractivity contribution in [3.63, 3.8) is 0 Å². The normalized spacial score (nSPS) is 21.3. The largest absolute Gasteiger partial charge is 0.486 e. The summed E-state index contributed by atoms with van der Waals surface area (Å²) in [4.78, 5) is 30.1. The van der Waals surface area contributed by atoms with Crippen LogP contribution in [0.5, 0.6) is 11.5 Å². The summed E-state index contributed by atoms with van der Waals surface area (Å²) in [7, 11) is -3.72. The molecule has 0 N–H and O–H groups in total. The van der Waals surface area contributed by atoms with Crippen molar-refractivity contribution in [3.8, 4) is 11.5 Å². The highest BCUT2D eigenvalue weighted by molar-refractivity contribution is 7.89. The molecule has 2 saturated heterocycles. The molecule has 5 rings (SSSR count). The standard InChI is InChI=1S/C22H25N3O6S2/c26-21(17-3-1-7-25(17)22(27)20-4-2-14-32-20)23-8-10-24(11-9-23)33(28,29)16-5-6-18-19(15-16)31-13-12-30-18/h2,4-6,14-15,17H,1,3,7-13H2/t17-/m1/s1. The van der Waals surface area contributed by atoms with Gasteiger partial charge in [0.05, 0.1) is 9.77 Å². The molecule has 0 aliphatic carbocycles. The third-order valence-electron chi connectivity index (χ3n) is 6.23. The smallest absolute Gasteiger partial charge is 0.264 e. The Bertz CT molecular complexity index is 1140.